The lowest BCUT2D eigenvalue weighted by Crippen LogP contribution is -2.05. The predicted octanol–water partition coefficient (Wildman–Crippen LogP) is 1.90. The molecule has 2 N–H and O–H groups in total. The van der Waals surface area contributed by atoms with Gasteiger partial charge in [0.2, 0.25) is 5.88 Å². The van der Waals surface area contributed by atoms with Gasteiger partial charge in [-0.1, -0.05) is 0 Å². The van der Waals surface area contributed by atoms with Crippen molar-refractivity contribution in [2.45, 2.75) is 6.42 Å². The summed E-state index contributed by atoms with van der Waals surface area (Å²) < 4.78 is 5.02. The highest BCUT2D eigenvalue weighted by Gasteiger charge is 2.08. The molecule has 2 heterocycles. The van der Waals surface area contributed by atoms with Crippen molar-refractivity contribution in [3.05, 3.63) is 34.4 Å². The Morgan fingerprint density at radius 3 is 3.11 bits per heavy atom. The Balaban J connectivity index is 1.86. The molecule has 0 radical (unpaired) electrons. The second-order valence-corrected chi connectivity index (χ2v) is 4.64. The maximum atomic E-state index is 10.7. The number of pyridine rings is 1. The minimum absolute atomic E-state index is 0.102. The average molecular weight is 279 g/mol. The predicted molar refractivity (Wildman–Crippen MR) is 72.1 cm³/mol. The lowest BCUT2D eigenvalue weighted by atomic mass is 10.3. The Kier molecular flexibility index (Phi) is 4.30. The van der Waals surface area contributed by atoms with Crippen LogP contribution < -0.4 is 10.1 Å². The third-order valence-corrected chi connectivity index (χ3v) is 3.29. The summed E-state index contributed by atoms with van der Waals surface area (Å²) >= 11 is 1.35. The number of carboxylic acids is 1. The van der Waals surface area contributed by atoms with Crippen molar-refractivity contribution in [3.63, 3.8) is 0 Å². The lowest BCUT2D eigenvalue weighted by Gasteiger charge is -2.06. The fourth-order valence-electron chi connectivity index (χ4n) is 1.47. The van der Waals surface area contributed by atoms with Crippen molar-refractivity contribution in [1.82, 2.24) is 9.97 Å². The monoisotopic (exact) mass is 279 g/mol. The molecule has 2 aromatic rings. The molecule has 2 rings (SSSR count). The molecular formula is C12H13N3O3S. The van der Waals surface area contributed by atoms with Crippen LogP contribution in [-0.4, -0.2) is 34.7 Å². The summed E-state index contributed by atoms with van der Waals surface area (Å²) in [7, 11) is 1.56. The van der Waals surface area contributed by atoms with Gasteiger partial charge in [-0.15, -0.1) is 11.3 Å². The average Bonchev–Trinajstić information content (AvgIpc) is 2.88. The molecule has 0 aromatic carbocycles. The number of hydrogen-bond acceptors (Lipinski definition) is 6. The Hall–Kier alpha value is -2.15. The van der Waals surface area contributed by atoms with E-state index in [1.165, 1.54) is 11.3 Å². The third kappa shape index (κ3) is 3.65. The highest BCUT2D eigenvalue weighted by molar-refractivity contribution is 7.09. The summed E-state index contributed by atoms with van der Waals surface area (Å²) in [6.07, 6.45) is 2.33. The fourth-order valence-corrected chi connectivity index (χ4v) is 2.24. The van der Waals surface area contributed by atoms with E-state index in [4.69, 9.17) is 9.84 Å². The van der Waals surface area contributed by atoms with Crippen LogP contribution in [0, 0.1) is 0 Å². The van der Waals surface area contributed by atoms with E-state index in [-0.39, 0.29) is 5.69 Å². The van der Waals surface area contributed by atoms with Gasteiger partial charge in [0.1, 0.15) is 0 Å². The van der Waals surface area contributed by atoms with Crippen LogP contribution in [0.5, 0.6) is 5.88 Å². The van der Waals surface area contributed by atoms with Crippen LogP contribution in [-0.2, 0) is 6.42 Å². The summed E-state index contributed by atoms with van der Waals surface area (Å²) in [6.45, 7) is 0.666. The Morgan fingerprint density at radius 1 is 1.58 bits per heavy atom. The molecular weight excluding hydrogens is 266 g/mol. The van der Waals surface area contributed by atoms with Gasteiger partial charge in [-0.3, -0.25) is 0 Å². The molecule has 6 nitrogen and oxygen atoms in total. The van der Waals surface area contributed by atoms with Crippen LogP contribution in [0.1, 0.15) is 15.5 Å². The van der Waals surface area contributed by atoms with Crippen LogP contribution in [0.4, 0.5) is 5.69 Å². The van der Waals surface area contributed by atoms with E-state index >= 15 is 0 Å². The smallest absolute Gasteiger partial charge is 0.355 e. The van der Waals surface area contributed by atoms with Crippen LogP contribution in [0.3, 0.4) is 0 Å². The molecule has 0 bridgehead atoms. The molecule has 0 saturated carbocycles. The molecule has 2 aromatic heterocycles. The number of methoxy groups -OCH3 is 1. The maximum absolute atomic E-state index is 10.7. The van der Waals surface area contributed by atoms with E-state index in [1.807, 2.05) is 6.07 Å². The highest BCUT2D eigenvalue weighted by Crippen LogP contribution is 2.14. The standard InChI is InChI=1S/C12H13N3O3S/c1-18-10-6-8(2-4-14-10)13-5-3-11-15-9(7-19-11)12(16)17/h2,4,6-7H,3,5H2,1H3,(H,13,14)(H,16,17). The van der Waals surface area contributed by atoms with Crippen molar-refractivity contribution >= 4 is 23.0 Å². The number of aromatic carboxylic acids is 1. The van der Waals surface area contributed by atoms with Crippen molar-refractivity contribution in [1.29, 1.82) is 0 Å². The SMILES string of the molecule is COc1cc(NCCc2nc(C(=O)O)cs2)ccn1. The minimum atomic E-state index is -0.991. The normalized spacial score (nSPS) is 10.2. The second-order valence-electron chi connectivity index (χ2n) is 3.70. The molecule has 0 aliphatic carbocycles. The second kappa shape index (κ2) is 6.14. The topological polar surface area (TPSA) is 84.3 Å². The first kappa shape index (κ1) is 13.3. The fraction of sp³-hybridized carbons (Fsp3) is 0.250. The van der Waals surface area contributed by atoms with Gasteiger partial charge in [0.15, 0.2) is 5.69 Å². The van der Waals surface area contributed by atoms with Crippen LogP contribution in [0.25, 0.3) is 0 Å². The van der Waals surface area contributed by atoms with Crippen LogP contribution in [0.15, 0.2) is 23.7 Å². The first-order valence-corrected chi connectivity index (χ1v) is 6.48. The molecule has 0 aliphatic rings. The van der Waals surface area contributed by atoms with Gasteiger partial charge >= 0.3 is 5.97 Å². The number of nitrogens with one attached hydrogen (secondary N) is 1. The minimum Gasteiger partial charge on any atom is -0.481 e. The summed E-state index contributed by atoms with van der Waals surface area (Å²) in [4.78, 5) is 18.7. The summed E-state index contributed by atoms with van der Waals surface area (Å²) in [5.74, 6) is -0.443. The molecule has 100 valence electrons. The van der Waals surface area contributed by atoms with Gasteiger partial charge in [-0.2, -0.15) is 0 Å². The molecule has 0 atom stereocenters. The first-order chi connectivity index (χ1) is 9.19. The Bertz CT molecular complexity index is 571. The van der Waals surface area contributed by atoms with E-state index < -0.39 is 5.97 Å². The molecule has 7 heteroatoms. The lowest BCUT2D eigenvalue weighted by molar-refractivity contribution is 0.0691. The van der Waals surface area contributed by atoms with Crippen molar-refractivity contribution in [2.75, 3.05) is 19.0 Å². The zero-order valence-corrected chi connectivity index (χ0v) is 11.1. The number of carbonyl (C=O) groups is 1. The van der Waals surface area contributed by atoms with Crippen molar-refractivity contribution in [3.8, 4) is 5.88 Å². The quantitative estimate of drug-likeness (QED) is 0.840. The number of rotatable bonds is 6. The molecule has 0 saturated heterocycles. The Morgan fingerprint density at radius 2 is 2.42 bits per heavy atom. The van der Waals surface area contributed by atoms with E-state index in [1.54, 1.807) is 24.8 Å². The summed E-state index contributed by atoms with van der Waals surface area (Å²) in [6, 6.07) is 3.64. The first-order valence-electron chi connectivity index (χ1n) is 5.60. The van der Waals surface area contributed by atoms with Gasteiger partial charge in [0, 0.05) is 36.3 Å². The summed E-state index contributed by atoms with van der Waals surface area (Å²) in [5, 5.41) is 14.3. The zero-order chi connectivity index (χ0) is 13.7. The number of anilines is 1. The number of carboxylic acid groups (broad SMARTS) is 1. The molecule has 0 fully saturated rings. The highest BCUT2D eigenvalue weighted by atomic mass is 32.1. The van der Waals surface area contributed by atoms with E-state index in [2.05, 4.69) is 15.3 Å². The number of hydrogen-bond donors (Lipinski definition) is 2. The zero-order valence-electron chi connectivity index (χ0n) is 10.3. The van der Waals surface area contributed by atoms with Crippen LogP contribution in [0.2, 0.25) is 0 Å². The number of thiazole rings is 1. The molecule has 0 unspecified atom stereocenters. The van der Waals surface area contributed by atoms with Gasteiger partial charge in [0.25, 0.3) is 0 Å². The molecule has 19 heavy (non-hydrogen) atoms. The van der Waals surface area contributed by atoms with Crippen molar-refractivity contribution < 1.29 is 14.6 Å². The largest absolute Gasteiger partial charge is 0.481 e. The van der Waals surface area contributed by atoms with E-state index in [0.717, 1.165) is 10.7 Å². The van der Waals surface area contributed by atoms with E-state index in [0.29, 0.717) is 18.8 Å². The molecule has 0 spiro atoms. The van der Waals surface area contributed by atoms with E-state index in [9.17, 15) is 4.79 Å². The number of ether oxygens (including phenoxy) is 1. The van der Waals surface area contributed by atoms with Crippen LogP contribution >= 0.6 is 11.3 Å². The summed E-state index contributed by atoms with van der Waals surface area (Å²) in [5.41, 5.74) is 1.01. The molecule has 0 aliphatic heterocycles. The number of nitrogens with zero attached hydrogens (tertiary/aromatic N) is 2. The van der Waals surface area contributed by atoms with Gasteiger partial charge < -0.3 is 15.2 Å². The number of aromatic nitrogens is 2. The van der Waals surface area contributed by atoms with Gasteiger partial charge in [-0.05, 0) is 6.07 Å². The van der Waals surface area contributed by atoms with Crippen molar-refractivity contribution in [2.24, 2.45) is 0 Å². The third-order valence-electron chi connectivity index (χ3n) is 2.38. The molecule has 0 amide bonds. The maximum Gasteiger partial charge on any atom is 0.355 e. The van der Waals surface area contributed by atoms with Gasteiger partial charge in [-0.25, -0.2) is 14.8 Å². The van der Waals surface area contributed by atoms with Gasteiger partial charge in [0.05, 0.1) is 12.1 Å². The Labute approximate surface area is 114 Å².